The van der Waals surface area contributed by atoms with E-state index in [1.54, 1.807) is 0 Å². The van der Waals surface area contributed by atoms with Crippen molar-refractivity contribution in [1.82, 2.24) is 9.80 Å². The van der Waals surface area contributed by atoms with Gasteiger partial charge in [0.15, 0.2) is 0 Å². The summed E-state index contributed by atoms with van der Waals surface area (Å²) < 4.78 is 0. The second-order valence-electron chi connectivity index (χ2n) is 5.50. The van der Waals surface area contributed by atoms with Gasteiger partial charge in [-0.2, -0.15) is 0 Å². The monoisotopic (exact) mass is 241 g/mol. The molecule has 1 rings (SSSR count). The average molecular weight is 241 g/mol. The molecule has 1 saturated heterocycles. The maximum Gasteiger partial charge on any atom is 0.240 e. The molecule has 1 amide bonds. The zero-order chi connectivity index (χ0) is 13.0. The molecule has 17 heavy (non-hydrogen) atoms. The second-order valence-corrected chi connectivity index (χ2v) is 5.50. The van der Waals surface area contributed by atoms with Crippen LogP contribution >= 0.6 is 0 Å². The van der Waals surface area contributed by atoms with Crippen molar-refractivity contribution in [2.24, 2.45) is 11.7 Å². The summed E-state index contributed by atoms with van der Waals surface area (Å²) in [4.78, 5) is 16.5. The first-order valence-electron chi connectivity index (χ1n) is 6.68. The third kappa shape index (κ3) is 3.68. The Morgan fingerprint density at radius 2 is 2.18 bits per heavy atom. The van der Waals surface area contributed by atoms with Crippen LogP contribution in [0.2, 0.25) is 0 Å². The lowest BCUT2D eigenvalue weighted by Gasteiger charge is -2.31. The molecule has 4 heteroatoms. The predicted octanol–water partition coefficient (Wildman–Crippen LogP) is 0.912. The van der Waals surface area contributed by atoms with Gasteiger partial charge in [-0.1, -0.05) is 20.3 Å². The highest BCUT2D eigenvalue weighted by Gasteiger charge is 2.33. The van der Waals surface area contributed by atoms with Gasteiger partial charge in [0.25, 0.3) is 0 Å². The number of likely N-dealkylation sites (N-methyl/N-ethyl adjacent to an activating group) is 1. The fraction of sp³-hybridized carbons (Fsp3) is 0.923. The number of amides is 1. The molecular weight excluding hydrogens is 214 g/mol. The molecule has 0 saturated carbocycles. The van der Waals surface area contributed by atoms with Crippen LogP contribution in [0.25, 0.3) is 0 Å². The molecule has 0 bridgehead atoms. The Kier molecular flexibility index (Phi) is 5.40. The third-order valence-electron chi connectivity index (χ3n) is 3.78. The quantitative estimate of drug-likeness (QED) is 0.778. The number of rotatable bonds is 5. The lowest BCUT2D eigenvalue weighted by molar-refractivity contribution is -0.134. The molecule has 0 aromatic heterocycles. The minimum Gasteiger partial charge on any atom is -0.337 e. The first kappa shape index (κ1) is 14.5. The molecule has 0 spiro atoms. The zero-order valence-corrected chi connectivity index (χ0v) is 11.6. The van der Waals surface area contributed by atoms with Gasteiger partial charge >= 0.3 is 0 Å². The van der Waals surface area contributed by atoms with Crippen molar-refractivity contribution in [2.45, 2.75) is 45.2 Å². The second kappa shape index (κ2) is 6.36. The topological polar surface area (TPSA) is 49.6 Å². The largest absolute Gasteiger partial charge is 0.337 e. The minimum atomic E-state index is -0.331. The van der Waals surface area contributed by atoms with E-state index in [1.165, 1.54) is 0 Å². The highest BCUT2D eigenvalue weighted by Crippen LogP contribution is 2.20. The number of hydrogen-bond acceptors (Lipinski definition) is 3. The highest BCUT2D eigenvalue weighted by molar-refractivity contribution is 5.82. The van der Waals surface area contributed by atoms with Gasteiger partial charge in [-0.05, 0) is 32.9 Å². The van der Waals surface area contributed by atoms with Crippen LogP contribution in [0.15, 0.2) is 0 Å². The molecule has 3 unspecified atom stereocenters. The summed E-state index contributed by atoms with van der Waals surface area (Å²) in [7, 11) is 4.10. The van der Waals surface area contributed by atoms with Gasteiger partial charge in [0.1, 0.15) is 0 Å². The summed E-state index contributed by atoms with van der Waals surface area (Å²) in [6, 6.07) is 0.0235. The third-order valence-corrected chi connectivity index (χ3v) is 3.78. The zero-order valence-electron chi connectivity index (χ0n) is 11.6. The molecule has 0 aliphatic carbocycles. The Labute approximate surface area is 105 Å². The molecule has 0 radical (unpaired) electrons. The van der Waals surface area contributed by atoms with Crippen molar-refractivity contribution in [3.63, 3.8) is 0 Å². The lowest BCUT2D eigenvalue weighted by atomic mass is 9.98. The van der Waals surface area contributed by atoms with Gasteiger partial charge in [-0.25, -0.2) is 0 Å². The van der Waals surface area contributed by atoms with Crippen LogP contribution in [0.4, 0.5) is 0 Å². The average Bonchev–Trinajstić information content (AvgIpc) is 2.73. The van der Waals surface area contributed by atoms with Crippen molar-refractivity contribution in [3.8, 4) is 0 Å². The normalized spacial score (nSPS) is 24.1. The number of nitrogens with two attached hydrogens (primary N) is 1. The molecular formula is C13H27N3O. The van der Waals surface area contributed by atoms with Gasteiger partial charge in [-0.3, -0.25) is 4.79 Å². The van der Waals surface area contributed by atoms with Crippen LogP contribution in [-0.2, 0) is 4.79 Å². The maximum absolute atomic E-state index is 12.3. The molecule has 0 aromatic carbocycles. The summed E-state index contributed by atoms with van der Waals surface area (Å²) >= 11 is 0. The molecule has 100 valence electrons. The van der Waals surface area contributed by atoms with E-state index in [0.29, 0.717) is 6.04 Å². The van der Waals surface area contributed by atoms with Gasteiger partial charge in [0.05, 0.1) is 6.04 Å². The predicted molar refractivity (Wildman–Crippen MR) is 70.7 cm³/mol. The number of likely N-dealkylation sites (tertiary alicyclic amines) is 1. The summed E-state index contributed by atoms with van der Waals surface area (Å²) in [6.07, 6.45) is 3.17. The van der Waals surface area contributed by atoms with Crippen molar-refractivity contribution >= 4 is 5.91 Å². The Balaban J connectivity index is 2.61. The molecule has 1 aliphatic rings. The van der Waals surface area contributed by atoms with Crippen molar-refractivity contribution in [2.75, 3.05) is 27.2 Å². The van der Waals surface area contributed by atoms with Crippen LogP contribution in [0.3, 0.4) is 0 Å². The van der Waals surface area contributed by atoms with E-state index in [1.807, 2.05) is 4.90 Å². The molecule has 1 aliphatic heterocycles. The van der Waals surface area contributed by atoms with E-state index in [-0.39, 0.29) is 17.9 Å². The van der Waals surface area contributed by atoms with Crippen molar-refractivity contribution < 1.29 is 4.79 Å². The lowest BCUT2D eigenvalue weighted by Crippen LogP contribution is -2.50. The van der Waals surface area contributed by atoms with Crippen molar-refractivity contribution in [3.05, 3.63) is 0 Å². The Morgan fingerprint density at radius 1 is 1.53 bits per heavy atom. The van der Waals surface area contributed by atoms with Crippen LogP contribution in [0.5, 0.6) is 0 Å². The molecule has 4 nitrogen and oxygen atoms in total. The van der Waals surface area contributed by atoms with E-state index < -0.39 is 0 Å². The van der Waals surface area contributed by atoms with E-state index in [0.717, 1.165) is 32.4 Å². The fourth-order valence-corrected chi connectivity index (χ4v) is 2.43. The van der Waals surface area contributed by atoms with E-state index in [4.69, 9.17) is 5.73 Å². The van der Waals surface area contributed by atoms with E-state index in [2.05, 4.69) is 32.8 Å². The fourth-order valence-electron chi connectivity index (χ4n) is 2.43. The number of carbonyl (C=O) groups is 1. The minimum absolute atomic E-state index is 0.142. The first-order chi connectivity index (χ1) is 7.97. The van der Waals surface area contributed by atoms with Gasteiger partial charge in [0.2, 0.25) is 5.91 Å². The summed E-state index contributed by atoms with van der Waals surface area (Å²) in [6.45, 7) is 5.96. The Morgan fingerprint density at radius 3 is 2.71 bits per heavy atom. The van der Waals surface area contributed by atoms with Crippen LogP contribution < -0.4 is 5.73 Å². The van der Waals surface area contributed by atoms with Crippen molar-refractivity contribution in [1.29, 1.82) is 0 Å². The SMILES string of the molecule is CCC(C)C(N)C(=O)N1CCCC1CN(C)C. The molecule has 0 aromatic rings. The van der Waals surface area contributed by atoms with Crippen LogP contribution in [0.1, 0.15) is 33.1 Å². The number of hydrogen-bond donors (Lipinski definition) is 1. The van der Waals surface area contributed by atoms with Gasteiger partial charge < -0.3 is 15.5 Å². The maximum atomic E-state index is 12.3. The summed E-state index contributed by atoms with van der Waals surface area (Å²) in [5.41, 5.74) is 6.04. The highest BCUT2D eigenvalue weighted by atomic mass is 16.2. The summed E-state index contributed by atoms with van der Waals surface area (Å²) in [5.74, 6) is 0.409. The molecule has 3 atom stereocenters. The van der Waals surface area contributed by atoms with Crippen LogP contribution in [-0.4, -0.2) is 55.0 Å². The first-order valence-corrected chi connectivity index (χ1v) is 6.68. The number of nitrogens with zero attached hydrogens (tertiary/aromatic N) is 2. The summed E-state index contributed by atoms with van der Waals surface area (Å²) in [5, 5.41) is 0. The van der Waals surface area contributed by atoms with Gasteiger partial charge in [-0.15, -0.1) is 0 Å². The molecule has 2 N–H and O–H groups in total. The standard InChI is InChI=1S/C13H27N3O/c1-5-10(2)12(14)13(17)16-8-6-7-11(16)9-15(3)4/h10-12H,5-9,14H2,1-4H3. The van der Waals surface area contributed by atoms with E-state index in [9.17, 15) is 4.79 Å². The molecule has 1 heterocycles. The van der Waals surface area contributed by atoms with Crippen LogP contribution in [0, 0.1) is 5.92 Å². The van der Waals surface area contributed by atoms with E-state index >= 15 is 0 Å². The Bertz CT molecular complexity index is 255. The smallest absolute Gasteiger partial charge is 0.240 e. The Hall–Kier alpha value is -0.610. The number of carbonyl (C=O) groups excluding carboxylic acids is 1. The van der Waals surface area contributed by atoms with Gasteiger partial charge in [0, 0.05) is 19.1 Å². The molecule has 1 fully saturated rings.